The molecule has 164 valence electrons. The van der Waals surface area contributed by atoms with Gasteiger partial charge >= 0.3 is 0 Å². The Bertz CT molecular complexity index is 1370. The zero-order valence-electron chi connectivity index (χ0n) is 18.4. The zero-order valence-corrected chi connectivity index (χ0v) is 19.9. The Morgan fingerprint density at radius 2 is 1.88 bits per heavy atom. The van der Waals surface area contributed by atoms with Crippen molar-refractivity contribution in [3.63, 3.8) is 0 Å². The first-order valence-electron chi connectivity index (χ1n) is 10.2. The van der Waals surface area contributed by atoms with E-state index in [-0.39, 0.29) is 5.56 Å². The summed E-state index contributed by atoms with van der Waals surface area (Å²) < 4.78 is 2.19. The van der Waals surface area contributed by atoms with Crippen molar-refractivity contribution in [2.75, 3.05) is 19.4 Å². The van der Waals surface area contributed by atoms with Gasteiger partial charge in [0, 0.05) is 28.0 Å². The van der Waals surface area contributed by atoms with Crippen LogP contribution in [0.1, 0.15) is 27.3 Å². The fraction of sp³-hybridized carbons (Fsp3) is 0.208. The molecule has 2 N–H and O–H groups in total. The summed E-state index contributed by atoms with van der Waals surface area (Å²) in [5.74, 6) is -0.489. The van der Waals surface area contributed by atoms with Gasteiger partial charge in [-0.2, -0.15) is 0 Å². The standard InChI is InChI=1S/C24H24BrN5O2/c1-14-21(23(31)27-19-11-16(13-29(3)4)10-18(25)12-19)24(32)30-22(26-14)20(15(2)28-30)17-8-6-5-7-9-17/h5-12,28H,13H2,1-4H3,(H,27,31). The molecule has 2 heterocycles. The molecule has 0 aliphatic carbocycles. The van der Waals surface area contributed by atoms with E-state index in [4.69, 9.17) is 0 Å². The van der Waals surface area contributed by atoms with Crippen LogP contribution in [-0.2, 0) is 6.54 Å². The first kappa shape index (κ1) is 22.0. The lowest BCUT2D eigenvalue weighted by atomic mass is 10.1. The third-order valence-electron chi connectivity index (χ3n) is 5.15. The second-order valence-electron chi connectivity index (χ2n) is 8.05. The molecule has 8 heteroatoms. The number of nitrogens with one attached hydrogen (secondary N) is 2. The van der Waals surface area contributed by atoms with Gasteiger partial charge in [0.15, 0.2) is 5.65 Å². The first-order chi connectivity index (χ1) is 15.2. The van der Waals surface area contributed by atoms with Gasteiger partial charge in [-0.15, -0.1) is 0 Å². The zero-order chi connectivity index (χ0) is 23.0. The molecule has 0 fully saturated rings. The molecule has 0 saturated carbocycles. The summed E-state index contributed by atoms with van der Waals surface area (Å²) in [7, 11) is 3.96. The molecule has 4 rings (SSSR count). The van der Waals surface area contributed by atoms with Crippen molar-refractivity contribution >= 4 is 33.2 Å². The van der Waals surface area contributed by atoms with Crippen LogP contribution < -0.4 is 10.9 Å². The summed E-state index contributed by atoms with van der Waals surface area (Å²) >= 11 is 3.49. The third kappa shape index (κ3) is 4.24. The van der Waals surface area contributed by atoms with Crippen LogP contribution in [0, 0.1) is 13.8 Å². The van der Waals surface area contributed by atoms with Crippen molar-refractivity contribution in [3.05, 3.63) is 85.9 Å². The molecule has 0 spiro atoms. The third-order valence-corrected chi connectivity index (χ3v) is 5.60. The topological polar surface area (TPSA) is 82.5 Å². The molecule has 0 unspecified atom stereocenters. The first-order valence-corrected chi connectivity index (χ1v) is 11.0. The highest BCUT2D eigenvalue weighted by Gasteiger charge is 2.22. The second kappa shape index (κ2) is 8.72. The van der Waals surface area contributed by atoms with E-state index in [1.807, 2.05) is 74.4 Å². The molecule has 7 nitrogen and oxygen atoms in total. The van der Waals surface area contributed by atoms with Crippen LogP contribution in [-0.4, -0.2) is 39.5 Å². The summed E-state index contributed by atoms with van der Waals surface area (Å²) in [6, 6.07) is 15.5. The Kier molecular flexibility index (Phi) is 5.99. The van der Waals surface area contributed by atoms with Crippen molar-refractivity contribution in [2.24, 2.45) is 0 Å². The molecule has 0 atom stereocenters. The Hall–Kier alpha value is -3.23. The van der Waals surface area contributed by atoms with Gasteiger partial charge in [0.1, 0.15) is 5.56 Å². The number of carbonyl (C=O) groups excluding carboxylic acids is 1. The monoisotopic (exact) mass is 493 g/mol. The predicted molar refractivity (Wildman–Crippen MR) is 130 cm³/mol. The average Bonchev–Trinajstić information content (AvgIpc) is 3.03. The molecular formula is C24H24BrN5O2. The lowest BCUT2D eigenvalue weighted by molar-refractivity contribution is 0.102. The number of amides is 1. The number of hydrogen-bond donors (Lipinski definition) is 2. The number of hydrogen-bond acceptors (Lipinski definition) is 4. The van der Waals surface area contributed by atoms with E-state index in [2.05, 4.69) is 31.3 Å². The van der Waals surface area contributed by atoms with Gasteiger partial charge in [-0.25, -0.2) is 9.50 Å². The molecule has 0 aliphatic rings. The number of nitrogens with zero attached hydrogens (tertiary/aromatic N) is 3. The predicted octanol–water partition coefficient (Wildman–Crippen LogP) is 4.38. The van der Waals surface area contributed by atoms with Crippen LogP contribution in [0.15, 0.2) is 57.8 Å². The lowest BCUT2D eigenvalue weighted by Crippen LogP contribution is -2.29. The Balaban J connectivity index is 1.75. The van der Waals surface area contributed by atoms with Crippen molar-refractivity contribution < 1.29 is 4.79 Å². The van der Waals surface area contributed by atoms with Gasteiger partial charge in [0.2, 0.25) is 0 Å². The van der Waals surface area contributed by atoms with Gasteiger partial charge in [-0.05, 0) is 57.3 Å². The van der Waals surface area contributed by atoms with E-state index in [9.17, 15) is 9.59 Å². The molecule has 0 aliphatic heterocycles. The molecule has 32 heavy (non-hydrogen) atoms. The molecule has 2 aromatic carbocycles. The number of benzene rings is 2. The molecular weight excluding hydrogens is 470 g/mol. The van der Waals surface area contributed by atoms with E-state index in [0.29, 0.717) is 17.0 Å². The van der Waals surface area contributed by atoms with Crippen molar-refractivity contribution in [2.45, 2.75) is 20.4 Å². The number of H-pyrrole nitrogens is 1. The van der Waals surface area contributed by atoms with Gasteiger partial charge in [-0.3, -0.25) is 14.7 Å². The number of fused-ring (bicyclic) bond motifs is 1. The molecule has 4 aromatic rings. The van der Waals surface area contributed by atoms with Gasteiger partial charge < -0.3 is 10.2 Å². The minimum Gasteiger partial charge on any atom is -0.322 e. The number of aryl methyl sites for hydroxylation is 2. The van der Waals surface area contributed by atoms with Crippen LogP contribution in [0.25, 0.3) is 16.8 Å². The second-order valence-corrected chi connectivity index (χ2v) is 8.97. The van der Waals surface area contributed by atoms with Crippen molar-refractivity contribution in [1.29, 1.82) is 0 Å². The maximum atomic E-state index is 13.3. The maximum Gasteiger partial charge on any atom is 0.285 e. The molecule has 0 bridgehead atoms. The average molecular weight is 494 g/mol. The maximum absolute atomic E-state index is 13.3. The number of aromatic amines is 1. The number of anilines is 1. The number of halogens is 1. The fourth-order valence-electron chi connectivity index (χ4n) is 3.87. The van der Waals surface area contributed by atoms with Crippen LogP contribution >= 0.6 is 15.9 Å². The Morgan fingerprint density at radius 3 is 2.56 bits per heavy atom. The summed E-state index contributed by atoms with van der Waals surface area (Å²) in [6.07, 6.45) is 0. The van der Waals surface area contributed by atoms with Crippen LogP contribution in [0.4, 0.5) is 5.69 Å². The highest BCUT2D eigenvalue weighted by atomic mass is 79.9. The number of rotatable bonds is 5. The Labute approximate surface area is 194 Å². The van der Waals surface area contributed by atoms with Gasteiger partial charge in [-0.1, -0.05) is 46.3 Å². The highest BCUT2D eigenvalue weighted by molar-refractivity contribution is 9.10. The summed E-state index contributed by atoms with van der Waals surface area (Å²) in [6.45, 7) is 4.30. The Morgan fingerprint density at radius 1 is 1.16 bits per heavy atom. The summed E-state index contributed by atoms with van der Waals surface area (Å²) in [4.78, 5) is 33.0. The van der Waals surface area contributed by atoms with E-state index in [1.54, 1.807) is 6.92 Å². The quantitative estimate of drug-likeness (QED) is 0.432. The minimum atomic E-state index is -0.489. The van der Waals surface area contributed by atoms with Gasteiger partial charge in [0.25, 0.3) is 11.5 Å². The molecule has 2 aromatic heterocycles. The SMILES string of the molecule is Cc1nc2c(-c3ccccc3)c(C)[nH]n2c(=O)c1C(=O)Nc1cc(Br)cc(CN(C)C)c1. The van der Waals surface area contributed by atoms with E-state index in [0.717, 1.165) is 33.4 Å². The van der Waals surface area contributed by atoms with Crippen LogP contribution in [0.5, 0.6) is 0 Å². The van der Waals surface area contributed by atoms with Crippen molar-refractivity contribution in [1.82, 2.24) is 19.5 Å². The summed E-state index contributed by atoms with van der Waals surface area (Å²) in [5, 5.41) is 5.93. The highest BCUT2D eigenvalue weighted by Crippen LogP contribution is 2.27. The van der Waals surface area contributed by atoms with E-state index in [1.165, 1.54) is 4.52 Å². The van der Waals surface area contributed by atoms with Gasteiger partial charge in [0.05, 0.1) is 5.69 Å². The smallest absolute Gasteiger partial charge is 0.285 e. The van der Waals surface area contributed by atoms with Crippen molar-refractivity contribution in [3.8, 4) is 11.1 Å². The number of aromatic nitrogens is 3. The summed E-state index contributed by atoms with van der Waals surface area (Å²) in [5.41, 5.74) is 4.71. The fourth-order valence-corrected chi connectivity index (χ4v) is 4.42. The van der Waals surface area contributed by atoms with E-state index < -0.39 is 11.5 Å². The van der Waals surface area contributed by atoms with Crippen LogP contribution in [0.3, 0.4) is 0 Å². The van der Waals surface area contributed by atoms with E-state index >= 15 is 0 Å². The molecule has 0 radical (unpaired) electrons. The molecule has 0 saturated heterocycles. The minimum absolute atomic E-state index is 0.0116. The normalized spacial score (nSPS) is 11.3. The largest absolute Gasteiger partial charge is 0.322 e. The lowest BCUT2D eigenvalue weighted by Gasteiger charge is -2.13. The molecule has 1 amide bonds. The number of carbonyl (C=O) groups is 1. The van der Waals surface area contributed by atoms with Crippen LogP contribution in [0.2, 0.25) is 0 Å².